The van der Waals surface area contributed by atoms with E-state index < -0.39 is 46.5 Å². The van der Waals surface area contributed by atoms with Gasteiger partial charge >= 0.3 is 0 Å². The second-order valence-corrected chi connectivity index (χ2v) is 6.93. The molecule has 1 aromatic rings. The molecule has 0 radical (unpaired) electrons. The van der Waals surface area contributed by atoms with Crippen molar-refractivity contribution in [3.63, 3.8) is 0 Å². The van der Waals surface area contributed by atoms with Gasteiger partial charge < -0.3 is 10.2 Å². The Bertz CT molecular complexity index is 824. The van der Waals surface area contributed by atoms with Crippen molar-refractivity contribution < 1.29 is 22.8 Å². The third-order valence-corrected chi connectivity index (χ3v) is 4.99. The summed E-state index contributed by atoms with van der Waals surface area (Å²) in [6.07, 6.45) is 2.65. The van der Waals surface area contributed by atoms with E-state index in [1.54, 1.807) is 14.0 Å². The Morgan fingerprint density at radius 2 is 2.08 bits per heavy atom. The minimum Gasteiger partial charge on any atom is -0.345 e. The zero-order valence-corrected chi connectivity index (χ0v) is 14.3. The summed E-state index contributed by atoms with van der Waals surface area (Å²) in [4.78, 5) is 30.5. The second-order valence-electron chi connectivity index (χ2n) is 6.93. The van der Waals surface area contributed by atoms with E-state index in [1.807, 2.05) is 0 Å². The minimum absolute atomic E-state index is 0.0143. The van der Waals surface area contributed by atoms with E-state index in [4.69, 9.17) is 0 Å². The zero-order valence-electron chi connectivity index (χ0n) is 14.3. The summed E-state index contributed by atoms with van der Waals surface area (Å²) in [5.41, 5.74) is -1.19. The molecule has 1 N–H and O–H groups in total. The molecular formula is C18H18F3N3O2. The van der Waals surface area contributed by atoms with E-state index in [0.717, 1.165) is 12.3 Å². The number of carbonyl (C=O) groups is 2. The third kappa shape index (κ3) is 3.11. The monoisotopic (exact) mass is 365 g/mol. The van der Waals surface area contributed by atoms with Crippen LogP contribution in [0.4, 0.5) is 18.9 Å². The van der Waals surface area contributed by atoms with E-state index in [-0.39, 0.29) is 18.7 Å². The first-order chi connectivity index (χ1) is 12.2. The number of amides is 2. The first kappa shape index (κ1) is 18.2. The fraction of sp³-hybridized carbons (Fsp3) is 0.389. The average Bonchev–Trinajstić information content (AvgIpc) is 2.88. The Labute approximate surface area is 148 Å². The van der Waals surface area contributed by atoms with Gasteiger partial charge in [0.25, 0.3) is 0 Å². The van der Waals surface area contributed by atoms with Crippen molar-refractivity contribution in [2.24, 2.45) is 22.2 Å². The van der Waals surface area contributed by atoms with Crippen LogP contribution < -0.4 is 5.32 Å². The predicted octanol–water partition coefficient (Wildman–Crippen LogP) is 2.90. The summed E-state index contributed by atoms with van der Waals surface area (Å²) in [7, 11) is 1.54. The lowest BCUT2D eigenvalue weighted by atomic mass is 9.69. The largest absolute Gasteiger partial charge is 0.345 e. The zero-order chi connectivity index (χ0) is 19.1. The third-order valence-electron chi connectivity index (χ3n) is 4.99. The maximum atomic E-state index is 13.8. The molecule has 0 aliphatic carbocycles. The number of halogens is 3. The van der Waals surface area contributed by atoms with Crippen molar-refractivity contribution in [2.45, 2.75) is 13.3 Å². The van der Waals surface area contributed by atoms with Crippen LogP contribution in [0, 0.1) is 28.9 Å². The van der Waals surface area contributed by atoms with Gasteiger partial charge in [-0.05, 0) is 12.1 Å². The van der Waals surface area contributed by atoms with Gasteiger partial charge in [0.2, 0.25) is 11.8 Å². The van der Waals surface area contributed by atoms with Gasteiger partial charge in [-0.3, -0.25) is 14.6 Å². The van der Waals surface area contributed by atoms with Crippen molar-refractivity contribution >= 4 is 23.7 Å². The summed E-state index contributed by atoms with van der Waals surface area (Å²) in [5, 5.41) is 2.29. The van der Waals surface area contributed by atoms with Gasteiger partial charge in [-0.15, -0.1) is 0 Å². The van der Waals surface area contributed by atoms with E-state index >= 15 is 0 Å². The normalized spacial score (nSPS) is 28.3. The molecule has 2 aliphatic rings. The summed E-state index contributed by atoms with van der Waals surface area (Å²) in [5.74, 6) is -5.65. The SMILES string of the molecule is CN1C[C@@H](C2(C)C=NC=C(F)C2)[C@H](C(=O)Nc2cccc(F)c2F)C1=O. The topological polar surface area (TPSA) is 61.8 Å². The first-order valence-corrected chi connectivity index (χ1v) is 8.11. The number of aliphatic imine (C=N–C) groups is 1. The molecule has 1 unspecified atom stereocenters. The molecule has 8 heteroatoms. The standard InChI is InChI=1S/C18H18F3N3O2/c1-18(6-10(19)7-22-9-18)11-8-24(2)17(26)14(11)16(25)23-13-5-3-4-12(20)15(13)21/h3-5,7,9,11,14H,6,8H2,1-2H3,(H,23,25)/t11-,14-,18?/m1/s1. The Morgan fingerprint density at radius 1 is 1.35 bits per heavy atom. The molecule has 0 saturated carbocycles. The van der Waals surface area contributed by atoms with Crippen LogP contribution in [0.5, 0.6) is 0 Å². The molecular weight excluding hydrogens is 347 g/mol. The maximum absolute atomic E-state index is 13.8. The van der Waals surface area contributed by atoms with Crippen molar-refractivity contribution in [1.82, 2.24) is 4.90 Å². The molecule has 3 atom stereocenters. The highest BCUT2D eigenvalue weighted by atomic mass is 19.2. The summed E-state index contributed by atoms with van der Waals surface area (Å²) in [6, 6.07) is 3.39. The lowest BCUT2D eigenvalue weighted by Crippen LogP contribution is -2.41. The van der Waals surface area contributed by atoms with Gasteiger partial charge in [0.15, 0.2) is 11.6 Å². The Kier molecular flexibility index (Phi) is 4.60. The molecule has 1 saturated heterocycles. The van der Waals surface area contributed by atoms with Gasteiger partial charge in [0.1, 0.15) is 11.7 Å². The quantitative estimate of drug-likeness (QED) is 0.838. The minimum atomic E-state index is -1.20. The molecule has 0 spiro atoms. The molecule has 2 heterocycles. The Morgan fingerprint density at radius 3 is 2.77 bits per heavy atom. The molecule has 0 aromatic heterocycles. The molecule has 0 bridgehead atoms. The Hall–Kier alpha value is -2.64. The van der Waals surface area contributed by atoms with Gasteiger partial charge in [0.05, 0.1) is 11.9 Å². The number of rotatable bonds is 3. The summed E-state index contributed by atoms with van der Waals surface area (Å²) in [6.45, 7) is 1.96. The first-order valence-electron chi connectivity index (χ1n) is 8.11. The van der Waals surface area contributed by atoms with Crippen LogP contribution in [0.3, 0.4) is 0 Å². The van der Waals surface area contributed by atoms with Crippen LogP contribution in [-0.2, 0) is 9.59 Å². The predicted molar refractivity (Wildman–Crippen MR) is 90.0 cm³/mol. The molecule has 26 heavy (non-hydrogen) atoms. The van der Waals surface area contributed by atoms with Crippen LogP contribution in [-0.4, -0.2) is 36.5 Å². The van der Waals surface area contributed by atoms with Crippen molar-refractivity contribution in [3.05, 3.63) is 41.9 Å². The van der Waals surface area contributed by atoms with E-state index in [9.17, 15) is 22.8 Å². The summed E-state index contributed by atoms with van der Waals surface area (Å²) >= 11 is 0. The Balaban J connectivity index is 1.89. The van der Waals surface area contributed by atoms with Gasteiger partial charge in [-0.2, -0.15) is 0 Å². The molecule has 138 valence electrons. The number of nitrogens with zero attached hydrogens (tertiary/aromatic N) is 2. The van der Waals surface area contributed by atoms with Crippen molar-refractivity contribution in [3.8, 4) is 0 Å². The molecule has 1 fully saturated rings. The van der Waals surface area contributed by atoms with Crippen molar-refractivity contribution in [2.75, 3.05) is 18.9 Å². The van der Waals surface area contributed by atoms with E-state index in [2.05, 4.69) is 10.3 Å². The van der Waals surface area contributed by atoms with Crippen LogP contribution in [0.2, 0.25) is 0 Å². The van der Waals surface area contributed by atoms with Crippen molar-refractivity contribution in [1.29, 1.82) is 0 Å². The number of allylic oxidation sites excluding steroid dienone is 1. The fourth-order valence-electron chi connectivity index (χ4n) is 3.57. The molecule has 2 aliphatic heterocycles. The van der Waals surface area contributed by atoms with E-state index in [1.165, 1.54) is 23.2 Å². The lowest BCUT2D eigenvalue weighted by Gasteiger charge is -2.34. The fourth-order valence-corrected chi connectivity index (χ4v) is 3.57. The van der Waals surface area contributed by atoms with Crippen LogP contribution in [0.15, 0.2) is 35.2 Å². The van der Waals surface area contributed by atoms with Gasteiger partial charge in [0, 0.05) is 37.6 Å². The molecule has 3 rings (SSSR count). The number of hydrogen-bond acceptors (Lipinski definition) is 3. The molecule has 2 amide bonds. The lowest BCUT2D eigenvalue weighted by molar-refractivity contribution is -0.136. The molecule has 5 nitrogen and oxygen atoms in total. The number of likely N-dealkylation sites (tertiary alicyclic amines) is 1. The number of nitrogens with one attached hydrogen (secondary N) is 1. The van der Waals surface area contributed by atoms with Gasteiger partial charge in [-0.25, -0.2) is 13.2 Å². The smallest absolute Gasteiger partial charge is 0.237 e. The van der Waals surface area contributed by atoms with Crippen LogP contribution >= 0.6 is 0 Å². The maximum Gasteiger partial charge on any atom is 0.237 e. The number of hydrogen-bond donors (Lipinski definition) is 1. The average molecular weight is 365 g/mol. The highest BCUT2D eigenvalue weighted by molar-refractivity contribution is 6.08. The number of carbonyl (C=O) groups excluding carboxylic acids is 2. The second kappa shape index (κ2) is 6.59. The van der Waals surface area contributed by atoms with Gasteiger partial charge in [-0.1, -0.05) is 13.0 Å². The highest BCUT2D eigenvalue weighted by Gasteiger charge is 2.52. The van der Waals surface area contributed by atoms with Crippen LogP contribution in [0.1, 0.15) is 13.3 Å². The molecule has 1 aromatic carbocycles. The number of benzene rings is 1. The van der Waals surface area contributed by atoms with E-state index in [0.29, 0.717) is 0 Å². The highest BCUT2D eigenvalue weighted by Crippen LogP contribution is 2.43. The van der Waals surface area contributed by atoms with Crippen LogP contribution in [0.25, 0.3) is 0 Å². The summed E-state index contributed by atoms with van der Waals surface area (Å²) < 4.78 is 40.9. The number of anilines is 1.